The van der Waals surface area contributed by atoms with Crippen LogP contribution in [-0.4, -0.2) is 75.1 Å². The number of ether oxygens (including phenoxy) is 1. The molecule has 0 aliphatic carbocycles. The van der Waals surface area contributed by atoms with Crippen LogP contribution in [0.2, 0.25) is 0 Å². The van der Waals surface area contributed by atoms with E-state index in [1.807, 2.05) is 18.2 Å². The van der Waals surface area contributed by atoms with Gasteiger partial charge in [0, 0.05) is 62.1 Å². The van der Waals surface area contributed by atoms with E-state index in [4.69, 9.17) is 9.26 Å². The first-order valence-electron chi connectivity index (χ1n) is 13.4. The van der Waals surface area contributed by atoms with Gasteiger partial charge in [0.1, 0.15) is 16.8 Å². The third-order valence-electron chi connectivity index (χ3n) is 8.29. The van der Waals surface area contributed by atoms with Crippen molar-refractivity contribution < 1.29 is 32.3 Å². The van der Waals surface area contributed by atoms with Crippen LogP contribution in [0.1, 0.15) is 54.9 Å². The van der Waals surface area contributed by atoms with Crippen molar-refractivity contribution >= 4 is 11.9 Å². The predicted octanol–water partition coefficient (Wildman–Crippen LogP) is 4.15. The quantitative estimate of drug-likeness (QED) is 0.510. The first kappa shape index (κ1) is 26.5. The molecule has 2 fully saturated rings. The molecule has 1 atom stereocenters. The Hall–Kier alpha value is -3.67. The van der Waals surface area contributed by atoms with Crippen molar-refractivity contribution in [2.24, 2.45) is 0 Å². The van der Waals surface area contributed by atoms with Crippen molar-refractivity contribution in [3.05, 3.63) is 53.5 Å². The zero-order valence-corrected chi connectivity index (χ0v) is 22.2. The number of piperidine rings is 1. The van der Waals surface area contributed by atoms with Crippen LogP contribution in [0.25, 0.3) is 11.3 Å². The molecule has 1 N–H and O–H groups in total. The van der Waals surface area contributed by atoms with Gasteiger partial charge >= 0.3 is 12.2 Å². The summed E-state index contributed by atoms with van der Waals surface area (Å²) in [6, 6.07) is 9.40. The molecular formula is C28H30F3N5O4. The first-order chi connectivity index (χ1) is 18.9. The lowest BCUT2D eigenvalue weighted by molar-refractivity contribution is -0.182. The number of β-amino-alcohol motifs (C(OH)–C–C–N with tert-alkyl or cyclic N) is 1. The van der Waals surface area contributed by atoms with Gasteiger partial charge in [-0.05, 0) is 38.5 Å². The molecule has 2 saturated heterocycles. The number of aliphatic hydroxyl groups is 1. The number of alkyl halides is 3. The summed E-state index contributed by atoms with van der Waals surface area (Å²) in [5.74, 6) is 0.252. The molecule has 3 aliphatic rings. The molecular weight excluding hydrogens is 527 g/mol. The fourth-order valence-electron chi connectivity index (χ4n) is 5.49. The molecule has 6 rings (SSSR count). The minimum absolute atomic E-state index is 0.0875. The molecule has 5 heterocycles. The number of amides is 1. The molecule has 1 spiro atoms. The maximum Gasteiger partial charge on any atom is 0.401 e. The lowest BCUT2D eigenvalue weighted by atomic mass is 9.87. The van der Waals surface area contributed by atoms with Gasteiger partial charge in [-0.15, -0.1) is 0 Å². The van der Waals surface area contributed by atoms with E-state index in [0.29, 0.717) is 57.4 Å². The van der Waals surface area contributed by atoms with E-state index in [2.05, 4.69) is 15.1 Å². The van der Waals surface area contributed by atoms with Crippen LogP contribution in [0.3, 0.4) is 0 Å². The molecule has 2 aromatic heterocycles. The van der Waals surface area contributed by atoms with Gasteiger partial charge in [-0.3, -0.25) is 9.78 Å². The van der Waals surface area contributed by atoms with Crippen molar-refractivity contribution in [3.63, 3.8) is 0 Å². The van der Waals surface area contributed by atoms with Gasteiger partial charge in [0.25, 0.3) is 5.91 Å². The van der Waals surface area contributed by atoms with E-state index < -0.39 is 23.3 Å². The zero-order chi connectivity index (χ0) is 28.3. The molecule has 3 aliphatic heterocycles. The van der Waals surface area contributed by atoms with E-state index in [1.165, 1.54) is 0 Å². The van der Waals surface area contributed by atoms with Crippen molar-refractivity contribution in [3.8, 4) is 17.0 Å². The fraction of sp³-hybridized carbons (Fsp3) is 0.500. The minimum Gasteiger partial charge on any atom is -0.485 e. The number of carbonyl (C=O) groups is 1. The molecule has 0 bridgehead atoms. The summed E-state index contributed by atoms with van der Waals surface area (Å²) in [5, 5.41) is 13.3. The van der Waals surface area contributed by atoms with E-state index in [9.17, 15) is 23.1 Å². The normalized spacial score (nSPS) is 20.6. The summed E-state index contributed by atoms with van der Waals surface area (Å²) in [5.41, 5.74) is 0.632. The van der Waals surface area contributed by atoms with E-state index in [0.717, 1.165) is 36.4 Å². The highest BCUT2D eigenvalue weighted by atomic mass is 19.4. The Morgan fingerprint density at radius 3 is 2.50 bits per heavy atom. The lowest BCUT2D eigenvalue weighted by Crippen LogP contribution is -2.47. The molecule has 1 amide bonds. The van der Waals surface area contributed by atoms with Crippen LogP contribution in [0.5, 0.6) is 5.75 Å². The summed E-state index contributed by atoms with van der Waals surface area (Å²) in [6.45, 7) is 4.00. The molecule has 1 aromatic carbocycles. The highest BCUT2D eigenvalue weighted by molar-refractivity contribution is 5.94. The zero-order valence-electron chi connectivity index (χ0n) is 22.2. The van der Waals surface area contributed by atoms with Crippen LogP contribution < -0.4 is 9.64 Å². The molecule has 212 valence electrons. The Morgan fingerprint density at radius 2 is 1.85 bits per heavy atom. The Bertz CT molecular complexity index is 1410. The van der Waals surface area contributed by atoms with Crippen LogP contribution in [0.15, 0.2) is 41.1 Å². The Balaban J connectivity index is 1.10. The third-order valence-corrected chi connectivity index (χ3v) is 8.29. The van der Waals surface area contributed by atoms with Crippen molar-refractivity contribution in [2.75, 3.05) is 31.1 Å². The number of carbonyl (C=O) groups excluding carboxylic acids is 1. The van der Waals surface area contributed by atoms with Crippen LogP contribution in [0, 0.1) is 0 Å². The van der Waals surface area contributed by atoms with Gasteiger partial charge in [-0.25, -0.2) is 0 Å². The number of nitrogens with zero attached hydrogens (tertiary/aromatic N) is 5. The topological polar surface area (TPSA) is 105 Å². The second-order valence-corrected chi connectivity index (χ2v) is 11.4. The van der Waals surface area contributed by atoms with Crippen molar-refractivity contribution in [1.82, 2.24) is 20.0 Å². The summed E-state index contributed by atoms with van der Waals surface area (Å²) in [6.07, 6.45) is -0.663. The number of likely N-dealkylation sites (tertiary alicyclic amines) is 1. The molecule has 12 heteroatoms. The average Bonchev–Trinajstić information content (AvgIpc) is 3.66. The Labute approximate surface area is 228 Å². The van der Waals surface area contributed by atoms with Crippen molar-refractivity contribution in [1.29, 1.82) is 0 Å². The number of aliphatic hydroxyl groups excluding tert-OH is 1. The van der Waals surface area contributed by atoms with Crippen LogP contribution in [-0.2, 0) is 11.8 Å². The largest absolute Gasteiger partial charge is 0.485 e. The maximum atomic E-state index is 13.4. The van der Waals surface area contributed by atoms with Crippen LogP contribution >= 0.6 is 0 Å². The van der Waals surface area contributed by atoms with Crippen LogP contribution in [0.4, 0.5) is 19.2 Å². The first-order valence-corrected chi connectivity index (χ1v) is 13.4. The second kappa shape index (κ2) is 9.46. The summed E-state index contributed by atoms with van der Waals surface area (Å²) >= 11 is 0. The maximum absolute atomic E-state index is 13.4. The Morgan fingerprint density at radius 1 is 1.12 bits per heavy atom. The van der Waals surface area contributed by atoms with Gasteiger partial charge in [-0.1, -0.05) is 17.3 Å². The average molecular weight is 558 g/mol. The number of rotatable bonds is 4. The molecule has 3 aromatic rings. The molecule has 9 nitrogen and oxygen atoms in total. The van der Waals surface area contributed by atoms with E-state index >= 15 is 0 Å². The number of anilines is 1. The third kappa shape index (κ3) is 4.67. The predicted molar refractivity (Wildman–Crippen MR) is 138 cm³/mol. The highest BCUT2D eigenvalue weighted by Crippen LogP contribution is 2.43. The molecule has 1 unspecified atom stereocenters. The van der Waals surface area contributed by atoms with Gasteiger partial charge in [0.15, 0.2) is 5.82 Å². The standard InChI is InChI=1S/C28H30F3N5O4/c1-26(2,28(29,30)31)24-33-25(40-34-24)35-11-8-27(9-12-35)14-19-13-21(32-15-22(19)39-27)17-3-5-18(6-4-17)23(38)36-10-7-20(37)16-36/h3-6,13,15,20,37H,7-12,14,16H2,1-2H3. The van der Waals surface area contributed by atoms with Gasteiger partial charge in [0.05, 0.1) is 18.0 Å². The van der Waals surface area contributed by atoms with E-state index in [1.54, 1.807) is 28.1 Å². The highest BCUT2D eigenvalue weighted by Gasteiger charge is 2.52. The SMILES string of the molecule is CC(C)(c1noc(N2CCC3(CC2)Cc2cc(-c4ccc(C(=O)N5CCC(O)C5)cc4)ncc2O3)n1)C(F)(F)F. The van der Waals surface area contributed by atoms with Gasteiger partial charge in [0.2, 0.25) is 0 Å². The molecule has 0 saturated carbocycles. The smallest absolute Gasteiger partial charge is 0.401 e. The van der Waals surface area contributed by atoms with E-state index in [-0.39, 0.29) is 17.7 Å². The van der Waals surface area contributed by atoms with Gasteiger partial charge in [-0.2, -0.15) is 18.2 Å². The number of hydrogen-bond donors (Lipinski definition) is 1. The van der Waals surface area contributed by atoms with Crippen molar-refractivity contribution in [2.45, 2.75) is 62.8 Å². The second-order valence-electron chi connectivity index (χ2n) is 11.4. The number of benzene rings is 1. The summed E-state index contributed by atoms with van der Waals surface area (Å²) in [4.78, 5) is 24.8. The number of pyridine rings is 1. The molecule has 0 radical (unpaired) electrons. The summed E-state index contributed by atoms with van der Waals surface area (Å²) in [7, 11) is 0. The monoisotopic (exact) mass is 557 g/mol. The Kier molecular flexibility index (Phi) is 6.28. The molecule has 40 heavy (non-hydrogen) atoms. The number of aromatic nitrogens is 3. The fourth-order valence-corrected chi connectivity index (χ4v) is 5.49. The number of fused-ring (bicyclic) bond motifs is 1. The number of halogens is 3. The lowest BCUT2D eigenvalue weighted by Gasteiger charge is -2.37. The number of hydrogen-bond acceptors (Lipinski definition) is 8. The summed E-state index contributed by atoms with van der Waals surface area (Å²) < 4.78 is 51.7. The minimum atomic E-state index is -4.49. The van der Waals surface area contributed by atoms with Gasteiger partial charge < -0.3 is 24.2 Å².